The Bertz CT molecular complexity index is 2540. The van der Waals surface area contributed by atoms with Crippen molar-refractivity contribution in [3.8, 4) is 44.5 Å². The number of rotatable bonds is 1. The molecular weight excluding hydrogens is 585 g/mol. The van der Waals surface area contributed by atoms with Crippen molar-refractivity contribution in [1.82, 2.24) is 0 Å². The van der Waals surface area contributed by atoms with Crippen molar-refractivity contribution in [2.75, 3.05) is 0 Å². The van der Waals surface area contributed by atoms with Crippen molar-refractivity contribution in [2.45, 2.75) is 34.5 Å². The van der Waals surface area contributed by atoms with E-state index in [-0.39, 0.29) is 0 Å². The number of hydrogen-bond acceptors (Lipinski definition) is 1. The molecule has 7 aromatic rings. The topological polar surface area (TPSA) is 0 Å². The summed E-state index contributed by atoms with van der Waals surface area (Å²) in [5.41, 5.74) is 19.0. The van der Waals surface area contributed by atoms with Gasteiger partial charge in [0.1, 0.15) is 0 Å². The Balaban J connectivity index is 1.30. The molecule has 0 aromatic heterocycles. The molecular formula is C46H30S. The molecule has 0 nitrogen and oxygen atoms in total. The Hall–Kier alpha value is -5.11. The SMILES string of the molecule is CC1CC=Cc2ccc3c(c21)C1(c2ccccc2-c2cccc(-c4cc5c6c(cccc6c4)Sc4ccccc4-5)c21)c1ccccc1-3. The fraction of sp³-hybridized carbons (Fsp3) is 0.0870. The fourth-order valence-corrected chi connectivity index (χ4v) is 10.7. The van der Waals surface area contributed by atoms with Crippen LogP contribution in [0.15, 0.2) is 149 Å². The van der Waals surface area contributed by atoms with E-state index in [0.29, 0.717) is 5.92 Å². The molecule has 7 aromatic carbocycles. The van der Waals surface area contributed by atoms with Crippen molar-refractivity contribution in [2.24, 2.45) is 0 Å². The van der Waals surface area contributed by atoms with Crippen LogP contribution >= 0.6 is 11.8 Å². The van der Waals surface area contributed by atoms with Crippen molar-refractivity contribution in [3.05, 3.63) is 173 Å². The highest BCUT2D eigenvalue weighted by Gasteiger charge is 2.54. The summed E-state index contributed by atoms with van der Waals surface area (Å²) >= 11 is 1.90. The second kappa shape index (κ2) is 9.25. The van der Waals surface area contributed by atoms with Gasteiger partial charge in [-0.25, -0.2) is 0 Å². The number of benzene rings is 7. The van der Waals surface area contributed by atoms with E-state index >= 15 is 0 Å². The molecule has 220 valence electrons. The Morgan fingerprint density at radius 3 is 2.04 bits per heavy atom. The van der Waals surface area contributed by atoms with Crippen LogP contribution in [-0.2, 0) is 5.41 Å². The van der Waals surface area contributed by atoms with E-state index in [4.69, 9.17) is 0 Å². The molecule has 0 saturated carbocycles. The molecule has 1 spiro atoms. The summed E-state index contributed by atoms with van der Waals surface area (Å²) in [4.78, 5) is 2.68. The minimum Gasteiger partial charge on any atom is -0.0888 e. The van der Waals surface area contributed by atoms with Crippen molar-refractivity contribution in [1.29, 1.82) is 0 Å². The number of allylic oxidation sites excluding steroid dienone is 1. The molecule has 3 aliphatic carbocycles. The monoisotopic (exact) mass is 614 g/mol. The van der Waals surface area contributed by atoms with Crippen molar-refractivity contribution < 1.29 is 0 Å². The highest BCUT2D eigenvalue weighted by Crippen LogP contribution is 2.66. The minimum absolute atomic E-state index is 0.402. The van der Waals surface area contributed by atoms with Crippen LogP contribution in [0.5, 0.6) is 0 Å². The summed E-state index contributed by atoms with van der Waals surface area (Å²) in [6.45, 7) is 2.42. The zero-order chi connectivity index (χ0) is 30.9. The lowest BCUT2D eigenvalue weighted by Gasteiger charge is -2.36. The second-order valence-corrected chi connectivity index (χ2v) is 14.7. The molecule has 2 unspecified atom stereocenters. The summed E-state index contributed by atoms with van der Waals surface area (Å²) in [6.07, 6.45) is 5.79. The van der Waals surface area contributed by atoms with Gasteiger partial charge in [-0.3, -0.25) is 0 Å². The molecule has 0 N–H and O–H groups in total. The first-order chi connectivity index (χ1) is 23.2. The predicted molar refractivity (Wildman–Crippen MR) is 197 cm³/mol. The first-order valence-electron chi connectivity index (χ1n) is 16.7. The molecule has 1 heteroatoms. The smallest absolute Gasteiger partial charge is 0.0734 e. The third-order valence-electron chi connectivity index (χ3n) is 11.3. The molecule has 0 amide bonds. The van der Waals surface area contributed by atoms with Gasteiger partial charge < -0.3 is 0 Å². The van der Waals surface area contributed by atoms with Crippen LogP contribution < -0.4 is 0 Å². The summed E-state index contributed by atoms with van der Waals surface area (Å²) in [5.74, 6) is 0.442. The molecule has 0 radical (unpaired) electrons. The van der Waals surface area contributed by atoms with Crippen LogP contribution in [0.3, 0.4) is 0 Å². The van der Waals surface area contributed by atoms with E-state index in [1.165, 1.54) is 98.5 Å². The Morgan fingerprint density at radius 2 is 1.21 bits per heavy atom. The zero-order valence-electron chi connectivity index (χ0n) is 26.0. The first kappa shape index (κ1) is 26.0. The Kier molecular flexibility index (Phi) is 5.12. The molecule has 1 aliphatic heterocycles. The quantitative estimate of drug-likeness (QED) is 0.177. The largest absolute Gasteiger partial charge is 0.0888 e. The summed E-state index contributed by atoms with van der Waals surface area (Å²) in [6, 6.07) is 51.0. The lowest BCUT2D eigenvalue weighted by molar-refractivity contribution is 0.716. The minimum atomic E-state index is -0.402. The Labute approximate surface area is 279 Å². The van der Waals surface area contributed by atoms with Crippen molar-refractivity contribution >= 4 is 28.6 Å². The lowest BCUT2D eigenvalue weighted by atomic mass is 9.65. The van der Waals surface area contributed by atoms with Crippen LogP contribution in [0.1, 0.15) is 52.6 Å². The van der Waals surface area contributed by atoms with E-state index in [1.807, 2.05) is 11.8 Å². The normalized spacial score (nSPS) is 18.8. The lowest BCUT2D eigenvalue weighted by Crippen LogP contribution is -2.29. The van der Waals surface area contributed by atoms with Crippen LogP contribution in [0.4, 0.5) is 0 Å². The molecule has 0 saturated heterocycles. The van der Waals surface area contributed by atoms with Gasteiger partial charge in [0, 0.05) is 15.2 Å². The third kappa shape index (κ3) is 3.21. The molecule has 47 heavy (non-hydrogen) atoms. The van der Waals surface area contributed by atoms with Gasteiger partial charge in [0.2, 0.25) is 0 Å². The molecule has 1 heterocycles. The van der Waals surface area contributed by atoms with Crippen LogP contribution in [0.2, 0.25) is 0 Å². The number of hydrogen-bond donors (Lipinski definition) is 0. The molecule has 11 rings (SSSR count). The maximum absolute atomic E-state index is 2.49. The van der Waals surface area contributed by atoms with Crippen LogP contribution in [0.25, 0.3) is 61.4 Å². The summed E-state index contributed by atoms with van der Waals surface area (Å²) < 4.78 is 0. The average Bonchev–Trinajstić information content (AvgIpc) is 3.59. The maximum atomic E-state index is 2.49. The van der Waals surface area contributed by atoms with Gasteiger partial charge in [-0.05, 0) is 120 Å². The first-order valence-corrected chi connectivity index (χ1v) is 17.6. The van der Waals surface area contributed by atoms with Crippen LogP contribution in [0, 0.1) is 0 Å². The molecule has 2 atom stereocenters. The van der Waals surface area contributed by atoms with E-state index in [1.54, 1.807) is 0 Å². The second-order valence-electron chi connectivity index (χ2n) is 13.6. The average molecular weight is 615 g/mol. The van der Waals surface area contributed by atoms with E-state index in [9.17, 15) is 0 Å². The van der Waals surface area contributed by atoms with Gasteiger partial charge in [0.05, 0.1) is 5.41 Å². The standard InChI is InChI=1S/C46H30S/c1-27-11-8-12-28-23-24-36-33-15-3-6-20-39(33)46(45(36)42(27)28)38-19-5-2-14-32(38)35-18-10-17-31(44(35)46)30-25-29-13-9-22-41-43(29)37(26-30)34-16-4-7-21-40(34)47-41/h2-10,12-27H,11H2,1H3. The van der Waals surface area contributed by atoms with Crippen LogP contribution in [-0.4, -0.2) is 0 Å². The van der Waals surface area contributed by atoms with Gasteiger partial charge in [0.15, 0.2) is 0 Å². The summed E-state index contributed by atoms with van der Waals surface area (Å²) in [7, 11) is 0. The predicted octanol–water partition coefficient (Wildman–Crippen LogP) is 12.5. The fourth-order valence-electron chi connectivity index (χ4n) is 9.52. The highest BCUT2D eigenvalue weighted by molar-refractivity contribution is 7.99. The summed E-state index contributed by atoms with van der Waals surface area (Å²) in [5, 5.41) is 2.68. The number of fused-ring (bicyclic) bond motifs is 14. The zero-order valence-corrected chi connectivity index (χ0v) is 26.9. The third-order valence-corrected chi connectivity index (χ3v) is 12.4. The van der Waals surface area contributed by atoms with Gasteiger partial charge in [-0.1, -0.05) is 140 Å². The van der Waals surface area contributed by atoms with Gasteiger partial charge >= 0.3 is 0 Å². The van der Waals surface area contributed by atoms with Gasteiger partial charge in [-0.15, -0.1) is 0 Å². The van der Waals surface area contributed by atoms with Gasteiger partial charge in [-0.2, -0.15) is 0 Å². The maximum Gasteiger partial charge on any atom is 0.0734 e. The van der Waals surface area contributed by atoms with E-state index in [0.717, 1.165) is 6.42 Å². The van der Waals surface area contributed by atoms with E-state index in [2.05, 4.69) is 153 Å². The molecule has 4 aliphatic rings. The van der Waals surface area contributed by atoms with Crippen molar-refractivity contribution in [3.63, 3.8) is 0 Å². The Morgan fingerprint density at radius 1 is 0.553 bits per heavy atom. The molecule has 0 fully saturated rings. The molecule has 0 bridgehead atoms. The van der Waals surface area contributed by atoms with Gasteiger partial charge in [0.25, 0.3) is 0 Å². The van der Waals surface area contributed by atoms with E-state index < -0.39 is 5.41 Å². The highest BCUT2D eigenvalue weighted by atomic mass is 32.2.